The van der Waals surface area contributed by atoms with Crippen LogP contribution in [0.15, 0.2) is 23.1 Å². The summed E-state index contributed by atoms with van der Waals surface area (Å²) < 4.78 is 15.4. The van der Waals surface area contributed by atoms with E-state index in [9.17, 15) is 9.18 Å². The van der Waals surface area contributed by atoms with Crippen LogP contribution in [0, 0.1) is 5.82 Å². The van der Waals surface area contributed by atoms with Gasteiger partial charge in [-0.25, -0.2) is 4.39 Å². The van der Waals surface area contributed by atoms with Crippen LogP contribution in [0.3, 0.4) is 0 Å². The molecule has 1 aliphatic heterocycles. The van der Waals surface area contributed by atoms with E-state index in [0.717, 1.165) is 6.42 Å². The molecule has 0 bridgehead atoms. The topological polar surface area (TPSA) is 34.9 Å². The van der Waals surface area contributed by atoms with Crippen LogP contribution in [-0.4, -0.2) is 9.55 Å². The predicted octanol–water partition coefficient (Wildman–Crippen LogP) is 2.04. The van der Waals surface area contributed by atoms with Gasteiger partial charge in [0.15, 0.2) is 0 Å². The van der Waals surface area contributed by atoms with E-state index in [1.54, 1.807) is 10.6 Å². The highest BCUT2D eigenvalue weighted by atomic mass is 19.1. The Labute approximate surface area is 91.5 Å². The normalized spacial score (nSPS) is 18.2. The standard InChI is InChI=1S/C12H11FN2O/c1-2-7-6-15-10(16)4-3-9-12(15)11(7)8(13)5-14-9/h3-5,7H,2,6H2,1H3. The Balaban J connectivity index is 2.49. The second kappa shape index (κ2) is 3.14. The first kappa shape index (κ1) is 9.51. The van der Waals surface area contributed by atoms with Gasteiger partial charge in [-0.15, -0.1) is 0 Å². The molecule has 2 aromatic heterocycles. The summed E-state index contributed by atoms with van der Waals surface area (Å²) in [5, 5.41) is 0. The average Bonchev–Trinajstić information content (AvgIpc) is 2.68. The zero-order valence-electron chi connectivity index (χ0n) is 8.90. The maximum Gasteiger partial charge on any atom is 0.251 e. The minimum atomic E-state index is -0.295. The van der Waals surface area contributed by atoms with Crippen molar-refractivity contribution in [2.45, 2.75) is 25.8 Å². The Morgan fingerprint density at radius 3 is 3.12 bits per heavy atom. The van der Waals surface area contributed by atoms with Gasteiger partial charge >= 0.3 is 0 Å². The number of hydrogen-bond donors (Lipinski definition) is 0. The molecule has 0 spiro atoms. The lowest BCUT2D eigenvalue weighted by Gasteiger charge is -2.06. The summed E-state index contributed by atoms with van der Waals surface area (Å²) in [6.45, 7) is 2.58. The van der Waals surface area contributed by atoms with E-state index >= 15 is 0 Å². The van der Waals surface area contributed by atoms with Gasteiger partial charge in [-0.2, -0.15) is 0 Å². The summed E-state index contributed by atoms with van der Waals surface area (Å²) in [5.41, 5.74) is 1.97. The van der Waals surface area contributed by atoms with Crippen molar-refractivity contribution in [3.63, 3.8) is 0 Å². The Morgan fingerprint density at radius 2 is 2.38 bits per heavy atom. The van der Waals surface area contributed by atoms with Crippen molar-refractivity contribution in [2.75, 3.05) is 0 Å². The SMILES string of the molecule is CCC1Cn2c(=O)ccc3ncc(F)c1c32. The molecule has 0 amide bonds. The Bertz CT molecular complexity index is 633. The quantitative estimate of drug-likeness (QED) is 0.734. The Morgan fingerprint density at radius 1 is 1.56 bits per heavy atom. The van der Waals surface area contributed by atoms with Crippen LogP contribution in [0.25, 0.3) is 11.0 Å². The molecule has 4 heteroatoms. The second-order valence-corrected chi connectivity index (χ2v) is 4.14. The first-order chi connectivity index (χ1) is 7.72. The summed E-state index contributed by atoms with van der Waals surface area (Å²) in [7, 11) is 0. The summed E-state index contributed by atoms with van der Waals surface area (Å²) >= 11 is 0. The number of hydrogen-bond acceptors (Lipinski definition) is 2. The monoisotopic (exact) mass is 218 g/mol. The molecule has 1 unspecified atom stereocenters. The Kier molecular flexibility index (Phi) is 1.87. The summed E-state index contributed by atoms with van der Waals surface area (Å²) in [6, 6.07) is 3.16. The van der Waals surface area contributed by atoms with Gasteiger partial charge in [0.25, 0.3) is 5.56 Å². The van der Waals surface area contributed by atoms with Gasteiger partial charge < -0.3 is 4.57 Å². The largest absolute Gasteiger partial charge is 0.306 e. The van der Waals surface area contributed by atoms with E-state index in [2.05, 4.69) is 4.98 Å². The van der Waals surface area contributed by atoms with Crippen LogP contribution in [0.1, 0.15) is 24.8 Å². The van der Waals surface area contributed by atoms with Crippen molar-refractivity contribution in [2.24, 2.45) is 0 Å². The maximum atomic E-state index is 13.7. The van der Waals surface area contributed by atoms with E-state index in [-0.39, 0.29) is 17.3 Å². The number of aromatic nitrogens is 2. The lowest BCUT2D eigenvalue weighted by molar-refractivity contribution is 0.545. The zero-order valence-corrected chi connectivity index (χ0v) is 8.90. The lowest BCUT2D eigenvalue weighted by Crippen LogP contribution is -2.17. The number of nitrogens with zero attached hydrogens (tertiary/aromatic N) is 2. The zero-order chi connectivity index (χ0) is 11.3. The van der Waals surface area contributed by atoms with Gasteiger partial charge in [-0.05, 0) is 12.5 Å². The highest BCUT2D eigenvalue weighted by Gasteiger charge is 2.27. The smallest absolute Gasteiger partial charge is 0.251 e. The van der Waals surface area contributed by atoms with E-state index in [4.69, 9.17) is 0 Å². The molecule has 3 rings (SSSR count). The van der Waals surface area contributed by atoms with Crippen LogP contribution in [-0.2, 0) is 6.54 Å². The van der Waals surface area contributed by atoms with Crippen LogP contribution >= 0.6 is 0 Å². The predicted molar refractivity (Wildman–Crippen MR) is 59.0 cm³/mol. The molecule has 0 N–H and O–H groups in total. The summed E-state index contributed by atoms with van der Waals surface area (Å²) in [5.74, 6) is -0.197. The van der Waals surface area contributed by atoms with Crippen LogP contribution < -0.4 is 5.56 Å². The molecule has 0 radical (unpaired) electrons. The minimum Gasteiger partial charge on any atom is -0.306 e. The molecule has 0 aliphatic carbocycles. The minimum absolute atomic E-state index is 0.0721. The van der Waals surface area contributed by atoms with Gasteiger partial charge in [0.05, 0.1) is 17.2 Å². The molecular formula is C12H11FN2O. The van der Waals surface area contributed by atoms with Crippen molar-refractivity contribution >= 4 is 11.0 Å². The molecule has 3 heterocycles. The molecule has 82 valence electrons. The van der Waals surface area contributed by atoms with Crippen molar-refractivity contribution in [1.29, 1.82) is 0 Å². The molecule has 0 saturated carbocycles. The van der Waals surface area contributed by atoms with Crippen LogP contribution in [0.2, 0.25) is 0 Å². The number of rotatable bonds is 1. The van der Waals surface area contributed by atoms with Crippen molar-refractivity contribution < 1.29 is 4.39 Å². The fourth-order valence-corrected chi connectivity index (χ4v) is 2.48. The van der Waals surface area contributed by atoms with Crippen LogP contribution in [0.4, 0.5) is 4.39 Å². The van der Waals surface area contributed by atoms with Gasteiger partial charge in [-0.1, -0.05) is 6.92 Å². The average molecular weight is 218 g/mol. The lowest BCUT2D eigenvalue weighted by atomic mass is 9.99. The third-order valence-electron chi connectivity index (χ3n) is 3.30. The van der Waals surface area contributed by atoms with Crippen molar-refractivity contribution in [3.8, 4) is 0 Å². The van der Waals surface area contributed by atoms with Gasteiger partial charge in [-0.3, -0.25) is 9.78 Å². The Hall–Kier alpha value is -1.71. The van der Waals surface area contributed by atoms with Crippen LogP contribution in [0.5, 0.6) is 0 Å². The third-order valence-corrected chi connectivity index (χ3v) is 3.30. The number of pyridine rings is 2. The summed E-state index contributed by atoms with van der Waals surface area (Å²) in [6.07, 6.45) is 2.08. The van der Waals surface area contributed by atoms with E-state index < -0.39 is 0 Å². The second-order valence-electron chi connectivity index (χ2n) is 4.14. The molecule has 0 fully saturated rings. The highest BCUT2D eigenvalue weighted by molar-refractivity contribution is 5.80. The third kappa shape index (κ3) is 1.07. The summed E-state index contributed by atoms with van der Waals surface area (Å²) in [4.78, 5) is 15.7. The molecule has 2 aromatic rings. The fraction of sp³-hybridized carbons (Fsp3) is 0.333. The first-order valence-corrected chi connectivity index (χ1v) is 5.40. The first-order valence-electron chi connectivity index (χ1n) is 5.40. The van der Waals surface area contributed by atoms with Gasteiger partial charge in [0, 0.05) is 24.1 Å². The van der Waals surface area contributed by atoms with Crippen molar-refractivity contribution in [3.05, 3.63) is 40.1 Å². The molecule has 1 aliphatic rings. The van der Waals surface area contributed by atoms with E-state index in [1.807, 2.05) is 6.92 Å². The fourth-order valence-electron chi connectivity index (χ4n) is 2.48. The molecule has 3 nitrogen and oxygen atoms in total. The molecule has 1 atom stereocenters. The highest BCUT2D eigenvalue weighted by Crippen LogP contribution is 2.35. The van der Waals surface area contributed by atoms with Gasteiger partial charge in [0.2, 0.25) is 0 Å². The molecular weight excluding hydrogens is 207 g/mol. The maximum absolute atomic E-state index is 13.7. The van der Waals surface area contributed by atoms with E-state index in [1.165, 1.54) is 12.3 Å². The van der Waals surface area contributed by atoms with E-state index in [0.29, 0.717) is 23.1 Å². The molecule has 0 aromatic carbocycles. The number of halogens is 1. The van der Waals surface area contributed by atoms with Gasteiger partial charge in [0.1, 0.15) is 5.82 Å². The molecule has 16 heavy (non-hydrogen) atoms. The molecule has 0 saturated heterocycles. The van der Waals surface area contributed by atoms with Crippen molar-refractivity contribution in [1.82, 2.24) is 9.55 Å².